The maximum atomic E-state index is 14.2. The van der Waals surface area contributed by atoms with E-state index in [2.05, 4.69) is 5.10 Å². The number of nitrogens with zero attached hydrogens (tertiary/aromatic N) is 3. The van der Waals surface area contributed by atoms with Crippen LogP contribution in [-0.2, 0) is 0 Å². The zero-order chi connectivity index (χ0) is 22.6. The molecule has 0 spiro atoms. The van der Waals surface area contributed by atoms with Crippen LogP contribution in [0.2, 0.25) is 0 Å². The van der Waals surface area contributed by atoms with E-state index in [4.69, 9.17) is 0 Å². The smallest absolute Gasteiger partial charge is 0.276 e. The van der Waals surface area contributed by atoms with E-state index in [0.717, 1.165) is 24.4 Å². The number of amides is 1. The lowest BCUT2D eigenvalue weighted by Gasteiger charge is -2.42. The van der Waals surface area contributed by atoms with Crippen LogP contribution in [0, 0.1) is 17.5 Å². The van der Waals surface area contributed by atoms with E-state index in [9.17, 15) is 27.9 Å². The molecule has 3 aromatic rings. The van der Waals surface area contributed by atoms with Crippen molar-refractivity contribution in [3.05, 3.63) is 93.2 Å². The number of benzene rings is 2. The van der Waals surface area contributed by atoms with Gasteiger partial charge in [-0.3, -0.25) is 14.3 Å². The van der Waals surface area contributed by atoms with Gasteiger partial charge in [0.05, 0.1) is 18.3 Å². The normalized spacial score (nSPS) is 20.7. The van der Waals surface area contributed by atoms with E-state index in [-0.39, 0.29) is 11.3 Å². The number of rotatable bonds is 3. The third kappa shape index (κ3) is 3.16. The summed E-state index contributed by atoms with van der Waals surface area (Å²) >= 11 is 0. The number of carbonyl (C=O) groups is 1. The van der Waals surface area contributed by atoms with Crippen molar-refractivity contribution in [2.45, 2.75) is 30.8 Å². The van der Waals surface area contributed by atoms with E-state index in [1.165, 1.54) is 22.9 Å². The Morgan fingerprint density at radius 3 is 2.44 bits per heavy atom. The fraction of sp³-hybridized carbons (Fsp3) is 0.261. The van der Waals surface area contributed by atoms with Crippen molar-refractivity contribution < 1.29 is 23.1 Å². The van der Waals surface area contributed by atoms with Gasteiger partial charge in [-0.05, 0) is 48.2 Å². The van der Waals surface area contributed by atoms with Gasteiger partial charge in [-0.1, -0.05) is 12.1 Å². The second-order valence-electron chi connectivity index (χ2n) is 8.08. The third-order valence-electron chi connectivity index (χ3n) is 6.22. The molecule has 164 valence electrons. The molecule has 1 fully saturated rings. The molecule has 0 aliphatic carbocycles. The van der Waals surface area contributed by atoms with E-state index in [1.54, 1.807) is 11.0 Å². The lowest BCUT2D eigenvalue weighted by Crippen LogP contribution is -2.50. The molecule has 9 heteroatoms. The van der Waals surface area contributed by atoms with Crippen molar-refractivity contribution >= 4 is 5.91 Å². The summed E-state index contributed by atoms with van der Waals surface area (Å²) in [5.41, 5.74) is -0.434. The van der Waals surface area contributed by atoms with Crippen LogP contribution in [0.3, 0.4) is 0 Å². The number of halogens is 3. The topological polar surface area (TPSA) is 75.4 Å². The van der Waals surface area contributed by atoms with Crippen LogP contribution in [0.5, 0.6) is 5.75 Å². The molecule has 0 radical (unpaired) electrons. The minimum atomic E-state index is -0.817. The summed E-state index contributed by atoms with van der Waals surface area (Å²) in [6.07, 6.45) is 2.15. The molecule has 3 heterocycles. The number of carbonyl (C=O) groups excluding carboxylic acids is 1. The number of hydrogen-bond acceptors (Lipinski definition) is 4. The highest BCUT2D eigenvalue weighted by atomic mass is 19.1. The Balaban J connectivity index is 1.80. The van der Waals surface area contributed by atoms with Crippen LogP contribution >= 0.6 is 0 Å². The van der Waals surface area contributed by atoms with Crippen LogP contribution < -0.4 is 5.43 Å². The third-order valence-corrected chi connectivity index (χ3v) is 6.22. The Morgan fingerprint density at radius 1 is 1.00 bits per heavy atom. The Morgan fingerprint density at radius 2 is 1.72 bits per heavy atom. The standard InChI is InChI=1S/C23H18F3N3O3/c24-14-4-1-3-12(7-14)19(13-8-15(25)10-16(26)9-13)20-17-5-2-6-28(17)23(32)21-22(31)18(30)11-27-29(20)21/h1,3-4,7-11,17,19-20,31H,2,5-6H2/t17-,19+,20-/m1/s1. The number of hydrogen-bond donors (Lipinski definition) is 1. The van der Waals surface area contributed by atoms with Crippen molar-refractivity contribution in [3.63, 3.8) is 0 Å². The van der Waals surface area contributed by atoms with Gasteiger partial charge in [-0.15, -0.1) is 0 Å². The molecular weight excluding hydrogens is 423 g/mol. The largest absolute Gasteiger partial charge is 0.502 e. The zero-order valence-electron chi connectivity index (χ0n) is 16.7. The van der Waals surface area contributed by atoms with Crippen molar-refractivity contribution in [1.29, 1.82) is 0 Å². The van der Waals surface area contributed by atoms with Crippen LogP contribution in [0.25, 0.3) is 0 Å². The molecule has 3 atom stereocenters. The summed E-state index contributed by atoms with van der Waals surface area (Å²) in [6.45, 7) is 0.399. The maximum absolute atomic E-state index is 14.2. The van der Waals surface area contributed by atoms with Gasteiger partial charge in [0.15, 0.2) is 11.4 Å². The van der Waals surface area contributed by atoms with E-state index in [0.29, 0.717) is 24.9 Å². The van der Waals surface area contributed by atoms with E-state index < -0.39 is 52.5 Å². The second kappa shape index (κ2) is 7.51. The van der Waals surface area contributed by atoms with Gasteiger partial charge < -0.3 is 10.0 Å². The minimum Gasteiger partial charge on any atom is -0.502 e. The summed E-state index contributed by atoms with van der Waals surface area (Å²) in [7, 11) is 0. The summed E-state index contributed by atoms with van der Waals surface area (Å²) in [6, 6.07) is 7.56. The first-order valence-electron chi connectivity index (χ1n) is 10.2. The first-order valence-corrected chi connectivity index (χ1v) is 10.2. The fourth-order valence-electron chi connectivity index (χ4n) is 4.99. The summed E-state index contributed by atoms with van der Waals surface area (Å²) < 4.78 is 43.9. The Labute approximate surface area is 180 Å². The summed E-state index contributed by atoms with van der Waals surface area (Å²) in [5, 5.41) is 14.5. The van der Waals surface area contributed by atoms with Crippen molar-refractivity contribution in [2.75, 3.05) is 6.54 Å². The molecule has 0 bridgehead atoms. The highest BCUT2D eigenvalue weighted by Gasteiger charge is 2.48. The molecule has 1 amide bonds. The second-order valence-corrected chi connectivity index (χ2v) is 8.08. The first kappa shape index (κ1) is 20.3. The molecule has 2 aliphatic heterocycles. The number of aromatic nitrogens is 2. The summed E-state index contributed by atoms with van der Waals surface area (Å²) in [5.74, 6) is -4.21. The molecule has 1 aromatic heterocycles. The quantitative estimate of drug-likeness (QED) is 0.677. The molecule has 2 aliphatic rings. The molecule has 0 saturated carbocycles. The van der Waals surface area contributed by atoms with Gasteiger partial charge in [0.2, 0.25) is 5.43 Å². The van der Waals surface area contributed by atoms with Gasteiger partial charge in [0.25, 0.3) is 5.91 Å². The van der Waals surface area contributed by atoms with Crippen molar-refractivity contribution in [3.8, 4) is 5.75 Å². The SMILES string of the molecule is O=C1c2c(O)c(=O)cnn2[C@@H]([C@@H](c2cccc(F)c2)c2cc(F)cc(F)c2)[C@H]2CCCN12. The Bertz CT molecular complexity index is 1270. The zero-order valence-corrected chi connectivity index (χ0v) is 16.7. The number of fused-ring (bicyclic) bond motifs is 2. The van der Waals surface area contributed by atoms with Gasteiger partial charge >= 0.3 is 0 Å². The average molecular weight is 441 g/mol. The van der Waals surface area contributed by atoms with Crippen LogP contribution in [0.4, 0.5) is 13.2 Å². The Kier molecular flexibility index (Phi) is 4.76. The molecule has 5 rings (SSSR count). The van der Waals surface area contributed by atoms with Crippen molar-refractivity contribution in [2.24, 2.45) is 0 Å². The highest BCUT2D eigenvalue weighted by molar-refractivity contribution is 5.96. The maximum Gasteiger partial charge on any atom is 0.276 e. The van der Waals surface area contributed by atoms with Gasteiger partial charge in [-0.25, -0.2) is 13.2 Å². The van der Waals surface area contributed by atoms with Gasteiger partial charge in [-0.2, -0.15) is 5.10 Å². The molecule has 0 unspecified atom stereocenters. The van der Waals surface area contributed by atoms with Gasteiger partial charge in [0.1, 0.15) is 17.5 Å². The minimum absolute atomic E-state index is 0.227. The molecule has 1 N–H and O–H groups in total. The lowest BCUT2D eigenvalue weighted by molar-refractivity contribution is 0.0564. The molecule has 6 nitrogen and oxygen atoms in total. The summed E-state index contributed by atoms with van der Waals surface area (Å²) in [4.78, 5) is 26.6. The van der Waals surface area contributed by atoms with E-state index in [1.807, 2.05) is 0 Å². The predicted octanol–water partition coefficient (Wildman–Crippen LogP) is 3.36. The average Bonchev–Trinajstić information content (AvgIpc) is 3.22. The van der Waals surface area contributed by atoms with E-state index >= 15 is 0 Å². The van der Waals surface area contributed by atoms with Crippen LogP contribution in [-0.4, -0.2) is 38.3 Å². The highest BCUT2D eigenvalue weighted by Crippen LogP contribution is 2.46. The Hall–Kier alpha value is -3.62. The van der Waals surface area contributed by atoms with Crippen LogP contribution in [0.15, 0.2) is 53.5 Å². The number of aromatic hydroxyl groups is 1. The fourth-order valence-corrected chi connectivity index (χ4v) is 4.99. The molecule has 2 aromatic carbocycles. The van der Waals surface area contributed by atoms with Crippen molar-refractivity contribution in [1.82, 2.24) is 14.7 Å². The monoisotopic (exact) mass is 441 g/mol. The molecule has 32 heavy (non-hydrogen) atoms. The van der Waals surface area contributed by atoms with Gasteiger partial charge in [0, 0.05) is 18.5 Å². The lowest BCUT2D eigenvalue weighted by atomic mass is 9.79. The predicted molar refractivity (Wildman–Crippen MR) is 108 cm³/mol. The molecular formula is C23H18F3N3O3. The first-order chi connectivity index (χ1) is 15.3. The van der Waals surface area contributed by atoms with Crippen LogP contribution in [0.1, 0.15) is 46.4 Å². The molecule has 1 saturated heterocycles.